The summed E-state index contributed by atoms with van der Waals surface area (Å²) in [6, 6.07) is 14.3. The highest BCUT2D eigenvalue weighted by Gasteiger charge is 2.39. The van der Waals surface area contributed by atoms with Gasteiger partial charge in [-0.15, -0.1) is 0 Å². The molecule has 1 unspecified atom stereocenters. The quantitative estimate of drug-likeness (QED) is 0.927. The van der Waals surface area contributed by atoms with E-state index in [0.29, 0.717) is 12.1 Å². The van der Waals surface area contributed by atoms with Crippen molar-refractivity contribution >= 4 is 0 Å². The topological polar surface area (TPSA) is 39.1 Å². The van der Waals surface area contributed by atoms with E-state index in [9.17, 15) is 5.26 Å². The van der Waals surface area contributed by atoms with Gasteiger partial charge in [0.2, 0.25) is 0 Å². The molecule has 0 bridgehead atoms. The molecule has 3 heteroatoms. The van der Waals surface area contributed by atoms with Crippen LogP contribution >= 0.6 is 0 Å². The Morgan fingerprint density at radius 3 is 2.48 bits per heavy atom. The van der Waals surface area contributed by atoms with Gasteiger partial charge in [-0.3, -0.25) is 4.90 Å². The maximum atomic E-state index is 9.75. The molecule has 0 radical (unpaired) electrons. The lowest BCUT2D eigenvalue weighted by Crippen LogP contribution is -2.42. The van der Waals surface area contributed by atoms with Crippen molar-refractivity contribution in [1.82, 2.24) is 10.2 Å². The molecule has 1 aromatic carbocycles. The number of likely N-dealkylation sites (N-methyl/N-ethyl adjacent to an activating group) is 1. The molecule has 2 aliphatic rings. The Balaban J connectivity index is 1.66. The lowest BCUT2D eigenvalue weighted by Gasteiger charge is -2.39. The highest BCUT2D eigenvalue weighted by atomic mass is 15.2. The summed E-state index contributed by atoms with van der Waals surface area (Å²) in [5.41, 5.74) is 0.959. The van der Waals surface area contributed by atoms with E-state index in [0.717, 1.165) is 25.7 Å². The average molecular weight is 283 g/mol. The van der Waals surface area contributed by atoms with Crippen LogP contribution in [0.15, 0.2) is 30.3 Å². The number of nitrogens with one attached hydrogen (secondary N) is 1. The third-order valence-electron chi connectivity index (χ3n) is 5.49. The number of hydrogen-bond donors (Lipinski definition) is 1. The van der Waals surface area contributed by atoms with E-state index >= 15 is 0 Å². The van der Waals surface area contributed by atoms with E-state index in [1.165, 1.54) is 25.1 Å². The Bertz CT molecular complexity index is 497. The second kappa shape index (κ2) is 6.17. The Labute approximate surface area is 128 Å². The summed E-state index contributed by atoms with van der Waals surface area (Å²) in [5.74, 6) is 0. The van der Waals surface area contributed by atoms with Crippen LogP contribution in [-0.4, -0.2) is 37.1 Å². The molecule has 3 rings (SSSR count). The van der Waals surface area contributed by atoms with Crippen molar-refractivity contribution in [3.8, 4) is 6.07 Å². The van der Waals surface area contributed by atoms with E-state index in [1.54, 1.807) is 0 Å². The van der Waals surface area contributed by atoms with Gasteiger partial charge < -0.3 is 5.32 Å². The van der Waals surface area contributed by atoms with Crippen LogP contribution < -0.4 is 5.32 Å². The number of likely N-dealkylation sites (tertiary alicyclic amines) is 1. The van der Waals surface area contributed by atoms with Gasteiger partial charge in [-0.2, -0.15) is 5.26 Å². The minimum Gasteiger partial charge on any atom is -0.316 e. The lowest BCUT2D eigenvalue weighted by molar-refractivity contribution is 0.163. The predicted octanol–water partition coefficient (Wildman–Crippen LogP) is 2.68. The summed E-state index contributed by atoms with van der Waals surface area (Å²) in [6.45, 7) is 2.38. The second-order valence-electron chi connectivity index (χ2n) is 6.56. The predicted molar refractivity (Wildman–Crippen MR) is 85.0 cm³/mol. The minimum absolute atomic E-state index is 0.250. The van der Waals surface area contributed by atoms with Gasteiger partial charge in [0.05, 0.1) is 11.5 Å². The Morgan fingerprint density at radius 1 is 1.19 bits per heavy atom. The van der Waals surface area contributed by atoms with Crippen LogP contribution in [0, 0.1) is 11.3 Å². The van der Waals surface area contributed by atoms with Crippen LogP contribution in [0.4, 0.5) is 0 Å². The molecule has 1 saturated heterocycles. The SMILES string of the molecule is CNC1CCN(C2CCC(C#N)(c3ccccc3)CC2)C1. The summed E-state index contributed by atoms with van der Waals surface area (Å²) >= 11 is 0. The Hall–Kier alpha value is -1.37. The van der Waals surface area contributed by atoms with Gasteiger partial charge in [0.15, 0.2) is 0 Å². The smallest absolute Gasteiger partial charge is 0.0823 e. The highest BCUT2D eigenvalue weighted by molar-refractivity contribution is 5.33. The molecule has 3 nitrogen and oxygen atoms in total. The zero-order chi connectivity index (χ0) is 14.7. The summed E-state index contributed by atoms with van der Waals surface area (Å²) in [4.78, 5) is 2.63. The normalized spacial score (nSPS) is 33.7. The number of nitrogens with zero attached hydrogens (tertiary/aromatic N) is 2. The van der Waals surface area contributed by atoms with Crippen LogP contribution in [0.3, 0.4) is 0 Å². The maximum absolute atomic E-state index is 9.75. The Morgan fingerprint density at radius 2 is 1.90 bits per heavy atom. The fourth-order valence-electron chi connectivity index (χ4n) is 4.04. The number of benzene rings is 1. The summed E-state index contributed by atoms with van der Waals surface area (Å²) < 4.78 is 0. The van der Waals surface area contributed by atoms with Crippen molar-refractivity contribution in [3.63, 3.8) is 0 Å². The molecule has 0 aromatic heterocycles. The van der Waals surface area contributed by atoms with Crippen molar-refractivity contribution < 1.29 is 0 Å². The molecule has 1 heterocycles. The monoisotopic (exact) mass is 283 g/mol. The van der Waals surface area contributed by atoms with Gasteiger partial charge in [-0.1, -0.05) is 30.3 Å². The first-order valence-corrected chi connectivity index (χ1v) is 8.15. The van der Waals surface area contributed by atoms with Crippen LogP contribution in [0.1, 0.15) is 37.7 Å². The third-order valence-corrected chi connectivity index (χ3v) is 5.49. The van der Waals surface area contributed by atoms with E-state index in [2.05, 4.69) is 47.6 Å². The molecular formula is C18H25N3. The fraction of sp³-hybridized carbons (Fsp3) is 0.611. The van der Waals surface area contributed by atoms with Gasteiger partial charge in [-0.25, -0.2) is 0 Å². The largest absolute Gasteiger partial charge is 0.316 e. The number of rotatable bonds is 3. The minimum atomic E-state index is -0.250. The van der Waals surface area contributed by atoms with Gasteiger partial charge in [0.1, 0.15) is 0 Å². The van der Waals surface area contributed by atoms with Crippen molar-refractivity contribution in [1.29, 1.82) is 5.26 Å². The van der Waals surface area contributed by atoms with Crippen LogP contribution in [0.25, 0.3) is 0 Å². The summed E-state index contributed by atoms with van der Waals surface area (Å²) in [5, 5.41) is 13.1. The average Bonchev–Trinajstić information content (AvgIpc) is 3.05. The zero-order valence-corrected chi connectivity index (χ0v) is 12.9. The molecule has 1 aliphatic carbocycles. The molecule has 1 saturated carbocycles. The van der Waals surface area contributed by atoms with Gasteiger partial charge >= 0.3 is 0 Å². The lowest BCUT2D eigenvalue weighted by atomic mass is 9.69. The first-order valence-electron chi connectivity index (χ1n) is 8.15. The molecule has 1 N–H and O–H groups in total. The molecule has 21 heavy (non-hydrogen) atoms. The third kappa shape index (κ3) is 2.84. The van der Waals surface area contributed by atoms with Gasteiger partial charge in [0.25, 0.3) is 0 Å². The summed E-state index contributed by atoms with van der Waals surface area (Å²) in [6.07, 6.45) is 5.56. The molecule has 1 aliphatic heterocycles. The molecule has 1 aromatic rings. The Kier molecular flexibility index (Phi) is 4.28. The molecule has 2 fully saturated rings. The first-order chi connectivity index (χ1) is 10.3. The molecule has 112 valence electrons. The second-order valence-corrected chi connectivity index (χ2v) is 6.56. The van der Waals surface area contributed by atoms with Crippen molar-refractivity contribution in [3.05, 3.63) is 35.9 Å². The van der Waals surface area contributed by atoms with Crippen LogP contribution in [0.2, 0.25) is 0 Å². The van der Waals surface area contributed by atoms with E-state index < -0.39 is 0 Å². The van der Waals surface area contributed by atoms with Crippen LogP contribution in [0.5, 0.6) is 0 Å². The standard InChI is InChI=1S/C18H25N3/c1-20-16-9-12-21(13-16)17-7-10-18(14-19,11-8-17)15-5-3-2-4-6-15/h2-6,16-17,20H,7-13H2,1H3. The van der Waals surface area contributed by atoms with Crippen molar-refractivity contribution in [2.75, 3.05) is 20.1 Å². The first kappa shape index (κ1) is 14.6. The van der Waals surface area contributed by atoms with Crippen molar-refractivity contribution in [2.45, 2.75) is 49.6 Å². The van der Waals surface area contributed by atoms with Crippen molar-refractivity contribution in [2.24, 2.45) is 0 Å². The molecule has 0 amide bonds. The summed E-state index contributed by atoms with van der Waals surface area (Å²) in [7, 11) is 2.06. The molecular weight excluding hydrogens is 258 g/mol. The fourth-order valence-corrected chi connectivity index (χ4v) is 4.04. The van der Waals surface area contributed by atoms with Crippen LogP contribution in [-0.2, 0) is 5.41 Å². The number of hydrogen-bond acceptors (Lipinski definition) is 3. The highest BCUT2D eigenvalue weighted by Crippen LogP contribution is 2.40. The van der Waals surface area contributed by atoms with E-state index in [-0.39, 0.29) is 5.41 Å². The maximum Gasteiger partial charge on any atom is 0.0823 e. The van der Waals surface area contributed by atoms with E-state index in [1.807, 2.05) is 6.07 Å². The zero-order valence-electron chi connectivity index (χ0n) is 12.9. The molecule has 1 atom stereocenters. The molecule has 0 spiro atoms. The van der Waals surface area contributed by atoms with E-state index in [4.69, 9.17) is 0 Å². The van der Waals surface area contributed by atoms with Gasteiger partial charge in [-0.05, 0) is 44.7 Å². The van der Waals surface area contributed by atoms with Gasteiger partial charge in [0, 0.05) is 25.2 Å². The number of nitriles is 1.